The first kappa shape index (κ1) is 19.0. The van der Waals surface area contributed by atoms with Gasteiger partial charge in [-0.3, -0.25) is 9.69 Å². The Balaban J connectivity index is 1.51. The number of carbonyl (C=O) groups excluding carboxylic acids is 1. The molecule has 1 N–H and O–H groups in total. The van der Waals surface area contributed by atoms with Gasteiger partial charge in [-0.15, -0.1) is 0 Å². The highest BCUT2D eigenvalue weighted by molar-refractivity contribution is 5.95. The first-order valence-corrected chi connectivity index (χ1v) is 9.70. The van der Waals surface area contributed by atoms with Crippen LogP contribution in [-0.4, -0.2) is 37.1 Å². The maximum absolute atomic E-state index is 13.2. The molecule has 4 rings (SSSR count). The van der Waals surface area contributed by atoms with E-state index >= 15 is 0 Å². The Morgan fingerprint density at radius 3 is 2.31 bits per heavy atom. The molecule has 0 saturated carbocycles. The van der Waals surface area contributed by atoms with Crippen molar-refractivity contribution in [3.63, 3.8) is 0 Å². The molecule has 5 heteroatoms. The van der Waals surface area contributed by atoms with Crippen LogP contribution < -0.4 is 14.8 Å². The summed E-state index contributed by atoms with van der Waals surface area (Å²) in [6, 6.07) is 26.5. The van der Waals surface area contributed by atoms with Gasteiger partial charge < -0.3 is 14.8 Å². The van der Waals surface area contributed by atoms with Crippen molar-refractivity contribution >= 4 is 11.6 Å². The Labute approximate surface area is 170 Å². The number of hydrogen-bond donors (Lipinski definition) is 1. The molecule has 3 aromatic carbocycles. The second kappa shape index (κ2) is 8.80. The molecular weight excluding hydrogens is 364 g/mol. The van der Waals surface area contributed by atoms with E-state index in [-0.39, 0.29) is 12.0 Å². The van der Waals surface area contributed by atoms with Gasteiger partial charge in [-0.25, -0.2) is 0 Å². The molecule has 1 amide bonds. The summed E-state index contributed by atoms with van der Waals surface area (Å²) in [5.74, 6) is 1.41. The Morgan fingerprint density at radius 1 is 0.966 bits per heavy atom. The molecule has 1 heterocycles. The van der Waals surface area contributed by atoms with Gasteiger partial charge in [0.15, 0.2) is 11.5 Å². The van der Waals surface area contributed by atoms with E-state index in [2.05, 4.69) is 5.32 Å². The smallest absolute Gasteiger partial charge is 0.246 e. The Kier molecular flexibility index (Phi) is 5.77. The summed E-state index contributed by atoms with van der Waals surface area (Å²) in [6.45, 7) is 0.999. The third-order valence-corrected chi connectivity index (χ3v) is 4.90. The van der Waals surface area contributed by atoms with E-state index < -0.39 is 6.04 Å². The van der Waals surface area contributed by atoms with Crippen LogP contribution in [-0.2, 0) is 4.79 Å². The number of amides is 1. The zero-order valence-corrected chi connectivity index (χ0v) is 16.3. The maximum atomic E-state index is 13.2. The molecule has 0 aromatic heterocycles. The summed E-state index contributed by atoms with van der Waals surface area (Å²) in [5, 5.41) is 3.02. The summed E-state index contributed by atoms with van der Waals surface area (Å²) in [7, 11) is 1.94. The number of nitrogens with zero attached hydrogens (tertiary/aromatic N) is 1. The van der Waals surface area contributed by atoms with Crippen molar-refractivity contribution in [2.75, 3.05) is 25.5 Å². The number of para-hydroxylation sites is 3. The molecule has 0 radical (unpaired) electrons. The fraction of sp³-hybridized carbons (Fsp3) is 0.208. The average Bonchev–Trinajstić information content (AvgIpc) is 2.75. The first-order chi connectivity index (χ1) is 14.2. The van der Waals surface area contributed by atoms with Gasteiger partial charge in [0.25, 0.3) is 0 Å². The van der Waals surface area contributed by atoms with Gasteiger partial charge in [0.1, 0.15) is 18.8 Å². The van der Waals surface area contributed by atoms with Crippen LogP contribution in [0.5, 0.6) is 11.5 Å². The molecular formula is C24H24N2O3. The van der Waals surface area contributed by atoms with Gasteiger partial charge in [0.05, 0.1) is 0 Å². The number of anilines is 1. The highest BCUT2D eigenvalue weighted by atomic mass is 16.6. The number of likely N-dealkylation sites (N-methyl/N-ethyl adjacent to an activating group) is 1. The minimum absolute atomic E-state index is 0.0815. The third-order valence-electron chi connectivity index (χ3n) is 4.90. The van der Waals surface area contributed by atoms with Crippen molar-refractivity contribution in [2.24, 2.45) is 0 Å². The topological polar surface area (TPSA) is 50.8 Å². The summed E-state index contributed by atoms with van der Waals surface area (Å²) < 4.78 is 11.9. The van der Waals surface area contributed by atoms with Crippen LogP contribution in [0, 0.1) is 0 Å². The lowest BCUT2D eigenvalue weighted by Gasteiger charge is -2.33. The fourth-order valence-electron chi connectivity index (χ4n) is 3.55. The molecule has 0 spiro atoms. The molecule has 1 aliphatic heterocycles. The molecule has 0 bridgehead atoms. The van der Waals surface area contributed by atoms with Crippen LogP contribution in [0.1, 0.15) is 11.6 Å². The predicted molar refractivity (Wildman–Crippen MR) is 113 cm³/mol. The number of benzene rings is 3. The number of rotatable bonds is 6. The van der Waals surface area contributed by atoms with E-state index in [1.54, 1.807) is 0 Å². The molecule has 5 nitrogen and oxygen atoms in total. The summed E-state index contributed by atoms with van der Waals surface area (Å²) in [5.41, 5.74) is 1.71. The summed E-state index contributed by atoms with van der Waals surface area (Å²) in [4.78, 5) is 15.2. The monoisotopic (exact) mass is 388 g/mol. The van der Waals surface area contributed by atoms with Crippen molar-refractivity contribution in [3.8, 4) is 11.5 Å². The molecule has 3 aromatic rings. The van der Waals surface area contributed by atoms with E-state index in [9.17, 15) is 4.79 Å². The van der Waals surface area contributed by atoms with E-state index in [0.717, 1.165) is 22.7 Å². The molecule has 148 valence electrons. The highest BCUT2D eigenvalue weighted by Crippen LogP contribution is 2.31. The molecule has 0 aliphatic carbocycles. The van der Waals surface area contributed by atoms with Crippen LogP contribution in [0.3, 0.4) is 0 Å². The van der Waals surface area contributed by atoms with E-state index in [4.69, 9.17) is 9.47 Å². The Hall–Kier alpha value is -3.31. The zero-order valence-electron chi connectivity index (χ0n) is 16.3. The van der Waals surface area contributed by atoms with Gasteiger partial charge in [-0.2, -0.15) is 0 Å². The van der Waals surface area contributed by atoms with Gasteiger partial charge in [-0.05, 0) is 36.9 Å². The standard InChI is InChI=1S/C24H24N2O3/c1-26(16-20-17-28-21-14-8-9-15-22(21)29-20)23(18-10-4-2-5-11-18)24(27)25-19-12-6-3-7-13-19/h2-15,20,23H,16-17H2,1H3,(H,25,27). The lowest BCUT2D eigenvalue weighted by Crippen LogP contribution is -2.43. The quantitative estimate of drug-likeness (QED) is 0.690. The van der Waals surface area contributed by atoms with Gasteiger partial charge >= 0.3 is 0 Å². The molecule has 2 atom stereocenters. The number of hydrogen-bond acceptors (Lipinski definition) is 4. The minimum atomic E-state index is -0.447. The second-order valence-electron chi connectivity index (χ2n) is 7.11. The average molecular weight is 388 g/mol. The third kappa shape index (κ3) is 4.58. The van der Waals surface area contributed by atoms with Gasteiger partial charge in [0, 0.05) is 12.2 Å². The second-order valence-corrected chi connectivity index (χ2v) is 7.11. The molecule has 0 saturated heterocycles. The molecule has 2 unspecified atom stereocenters. The van der Waals surface area contributed by atoms with E-state index in [0.29, 0.717) is 13.2 Å². The minimum Gasteiger partial charge on any atom is -0.486 e. The normalized spacial score (nSPS) is 16.3. The van der Waals surface area contributed by atoms with Crippen LogP contribution >= 0.6 is 0 Å². The highest BCUT2D eigenvalue weighted by Gasteiger charge is 2.29. The van der Waals surface area contributed by atoms with E-state index in [1.807, 2.05) is 96.9 Å². The van der Waals surface area contributed by atoms with Crippen LogP contribution in [0.25, 0.3) is 0 Å². The van der Waals surface area contributed by atoms with Gasteiger partial charge in [0.2, 0.25) is 5.91 Å². The van der Waals surface area contributed by atoms with Crippen molar-refractivity contribution in [1.82, 2.24) is 4.90 Å². The van der Waals surface area contributed by atoms with Crippen molar-refractivity contribution in [3.05, 3.63) is 90.5 Å². The molecule has 29 heavy (non-hydrogen) atoms. The number of nitrogens with one attached hydrogen (secondary N) is 1. The van der Waals surface area contributed by atoms with Gasteiger partial charge in [-0.1, -0.05) is 60.7 Å². The van der Waals surface area contributed by atoms with Crippen LogP contribution in [0.15, 0.2) is 84.9 Å². The number of fused-ring (bicyclic) bond motifs is 1. The van der Waals surface area contributed by atoms with Crippen molar-refractivity contribution < 1.29 is 14.3 Å². The number of carbonyl (C=O) groups is 1. The Morgan fingerprint density at radius 2 is 1.59 bits per heavy atom. The van der Waals surface area contributed by atoms with Crippen LogP contribution in [0.4, 0.5) is 5.69 Å². The van der Waals surface area contributed by atoms with E-state index in [1.165, 1.54) is 0 Å². The lowest BCUT2D eigenvalue weighted by molar-refractivity contribution is -0.121. The van der Waals surface area contributed by atoms with Crippen LogP contribution in [0.2, 0.25) is 0 Å². The maximum Gasteiger partial charge on any atom is 0.246 e. The lowest BCUT2D eigenvalue weighted by atomic mass is 10.0. The fourth-order valence-corrected chi connectivity index (χ4v) is 3.55. The SMILES string of the molecule is CN(CC1COc2ccccc2O1)C(C(=O)Nc1ccccc1)c1ccccc1. The zero-order chi connectivity index (χ0) is 20.1. The Bertz CT molecular complexity index is 947. The summed E-state index contributed by atoms with van der Waals surface area (Å²) >= 11 is 0. The largest absolute Gasteiger partial charge is 0.486 e. The summed E-state index contributed by atoms with van der Waals surface area (Å²) in [6.07, 6.45) is -0.161. The molecule has 1 aliphatic rings. The van der Waals surface area contributed by atoms with Crippen molar-refractivity contribution in [2.45, 2.75) is 12.1 Å². The number of ether oxygens (including phenoxy) is 2. The van der Waals surface area contributed by atoms with Crippen molar-refractivity contribution in [1.29, 1.82) is 0 Å². The molecule has 0 fully saturated rings. The predicted octanol–water partition coefficient (Wildman–Crippen LogP) is 4.14. The first-order valence-electron chi connectivity index (χ1n) is 9.70.